The van der Waals surface area contributed by atoms with Gasteiger partial charge in [-0.1, -0.05) is 0 Å². The van der Waals surface area contributed by atoms with E-state index in [-0.39, 0.29) is 12.1 Å². The van der Waals surface area contributed by atoms with Gasteiger partial charge in [0.2, 0.25) is 0 Å². The second-order valence-corrected chi connectivity index (χ2v) is 3.56. The van der Waals surface area contributed by atoms with E-state index in [0.717, 1.165) is 0 Å². The average molecular weight is 211 g/mol. The van der Waals surface area contributed by atoms with Gasteiger partial charge in [-0.25, -0.2) is 15.8 Å². The molecule has 6 nitrogen and oxygen atoms in total. The quantitative estimate of drug-likeness (QED) is 0.414. The third-order valence-corrected chi connectivity index (χ3v) is 1.90. The summed E-state index contributed by atoms with van der Waals surface area (Å²) in [6.45, 7) is 3.73. The van der Waals surface area contributed by atoms with E-state index in [1.54, 1.807) is 13.0 Å². The summed E-state index contributed by atoms with van der Waals surface area (Å²) < 4.78 is 0. The van der Waals surface area contributed by atoms with Crippen LogP contribution in [-0.4, -0.2) is 27.2 Å². The van der Waals surface area contributed by atoms with Crippen LogP contribution < -0.4 is 16.6 Å². The monoisotopic (exact) mass is 211 g/mol. The summed E-state index contributed by atoms with van der Waals surface area (Å²) >= 11 is 0. The molecule has 5 N–H and O–H groups in total. The van der Waals surface area contributed by atoms with E-state index in [0.29, 0.717) is 18.1 Å². The Bertz CT molecular complexity index is 304. The molecular weight excluding hydrogens is 194 g/mol. The predicted molar refractivity (Wildman–Crippen MR) is 59.2 cm³/mol. The van der Waals surface area contributed by atoms with E-state index in [9.17, 15) is 5.11 Å². The van der Waals surface area contributed by atoms with Gasteiger partial charge < -0.3 is 15.8 Å². The summed E-state index contributed by atoms with van der Waals surface area (Å²) in [5.41, 5.74) is 2.44. The van der Waals surface area contributed by atoms with Crippen molar-refractivity contribution in [2.45, 2.75) is 32.4 Å². The maximum Gasteiger partial charge on any atom is 0.145 e. The van der Waals surface area contributed by atoms with Crippen molar-refractivity contribution in [1.29, 1.82) is 0 Å². The van der Waals surface area contributed by atoms with Gasteiger partial charge in [-0.15, -0.1) is 0 Å². The molecule has 1 heterocycles. The van der Waals surface area contributed by atoms with E-state index in [4.69, 9.17) is 5.84 Å². The van der Waals surface area contributed by atoms with Crippen molar-refractivity contribution in [3.63, 3.8) is 0 Å². The summed E-state index contributed by atoms with van der Waals surface area (Å²) in [7, 11) is 0. The predicted octanol–water partition coefficient (Wildman–Crippen LogP) is 0.333. The molecule has 0 amide bonds. The van der Waals surface area contributed by atoms with Crippen LogP contribution in [0.1, 0.15) is 20.3 Å². The minimum Gasteiger partial charge on any atom is -0.393 e. The third kappa shape index (κ3) is 4.09. The molecule has 1 rings (SSSR count). The van der Waals surface area contributed by atoms with E-state index in [1.165, 1.54) is 6.33 Å². The van der Waals surface area contributed by atoms with Crippen molar-refractivity contribution in [2.24, 2.45) is 5.84 Å². The van der Waals surface area contributed by atoms with Gasteiger partial charge in [0.25, 0.3) is 0 Å². The normalized spacial score (nSPS) is 14.4. The van der Waals surface area contributed by atoms with Crippen LogP contribution in [0.5, 0.6) is 0 Å². The molecule has 2 unspecified atom stereocenters. The Kier molecular flexibility index (Phi) is 4.26. The molecule has 0 aromatic carbocycles. The van der Waals surface area contributed by atoms with Crippen LogP contribution in [0.15, 0.2) is 12.4 Å². The molecule has 1 aromatic rings. The molecule has 6 heteroatoms. The minimum absolute atomic E-state index is 0.144. The number of aliphatic hydroxyl groups excluding tert-OH is 1. The van der Waals surface area contributed by atoms with Crippen LogP contribution in [0, 0.1) is 0 Å². The second kappa shape index (κ2) is 5.47. The highest BCUT2D eigenvalue weighted by molar-refractivity contribution is 5.45. The molecular formula is C9H17N5O. The van der Waals surface area contributed by atoms with Gasteiger partial charge in [0.1, 0.15) is 18.0 Å². The first-order valence-electron chi connectivity index (χ1n) is 4.85. The van der Waals surface area contributed by atoms with Gasteiger partial charge in [-0.05, 0) is 20.3 Å². The molecule has 0 saturated heterocycles. The number of aliphatic hydroxyl groups is 1. The lowest BCUT2D eigenvalue weighted by atomic mass is 10.1. The zero-order valence-electron chi connectivity index (χ0n) is 8.94. The molecule has 0 radical (unpaired) electrons. The number of rotatable bonds is 5. The van der Waals surface area contributed by atoms with Crippen LogP contribution in [0.25, 0.3) is 0 Å². The molecule has 15 heavy (non-hydrogen) atoms. The standard InChI is InChI=1S/C9H17N5O/c1-6(3-7(2)15)13-8-4-9(14-10)12-5-11-8/h4-7,15H,3,10H2,1-2H3,(H2,11,12,13,14). The number of nitrogen functional groups attached to an aromatic ring is 1. The van der Waals surface area contributed by atoms with Crippen molar-refractivity contribution >= 4 is 11.6 Å². The molecule has 0 aliphatic heterocycles. The molecule has 0 aliphatic rings. The van der Waals surface area contributed by atoms with Crippen molar-refractivity contribution in [3.8, 4) is 0 Å². The largest absolute Gasteiger partial charge is 0.393 e. The summed E-state index contributed by atoms with van der Waals surface area (Å²) in [6.07, 6.45) is 1.75. The van der Waals surface area contributed by atoms with Crippen LogP contribution in [-0.2, 0) is 0 Å². The lowest BCUT2D eigenvalue weighted by Gasteiger charge is -2.15. The number of hydrazine groups is 1. The molecule has 0 fully saturated rings. The van der Waals surface area contributed by atoms with E-state index < -0.39 is 0 Å². The van der Waals surface area contributed by atoms with Gasteiger partial charge in [-0.2, -0.15) is 0 Å². The Morgan fingerprint density at radius 1 is 1.40 bits per heavy atom. The van der Waals surface area contributed by atoms with E-state index in [1.807, 2.05) is 6.92 Å². The maximum absolute atomic E-state index is 9.20. The molecule has 84 valence electrons. The topological polar surface area (TPSA) is 96.1 Å². The van der Waals surface area contributed by atoms with Crippen molar-refractivity contribution in [3.05, 3.63) is 12.4 Å². The van der Waals surface area contributed by atoms with Gasteiger partial charge >= 0.3 is 0 Å². The van der Waals surface area contributed by atoms with E-state index >= 15 is 0 Å². The van der Waals surface area contributed by atoms with Crippen LogP contribution in [0.4, 0.5) is 11.6 Å². The van der Waals surface area contributed by atoms with Gasteiger partial charge in [0.05, 0.1) is 6.10 Å². The number of nitrogens with zero attached hydrogens (tertiary/aromatic N) is 2. The maximum atomic E-state index is 9.20. The summed E-state index contributed by atoms with van der Waals surface area (Å²) in [5.74, 6) is 6.46. The Morgan fingerprint density at radius 3 is 2.67 bits per heavy atom. The molecule has 1 aromatic heterocycles. The zero-order valence-corrected chi connectivity index (χ0v) is 8.94. The Labute approximate surface area is 88.9 Å². The van der Waals surface area contributed by atoms with Crippen LogP contribution in [0.2, 0.25) is 0 Å². The molecule has 0 spiro atoms. The first kappa shape index (κ1) is 11.7. The number of anilines is 2. The smallest absolute Gasteiger partial charge is 0.145 e. The molecule has 0 bridgehead atoms. The first-order valence-corrected chi connectivity index (χ1v) is 4.85. The average Bonchev–Trinajstić information content (AvgIpc) is 2.16. The second-order valence-electron chi connectivity index (χ2n) is 3.56. The summed E-state index contributed by atoms with van der Waals surface area (Å²) in [5, 5.41) is 12.3. The van der Waals surface area contributed by atoms with Gasteiger partial charge in [0, 0.05) is 12.1 Å². The van der Waals surface area contributed by atoms with Crippen LogP contribution in [0.3, 0.4) is 0 Å². The van der Waals surface area contributed by atoms with E-state index in [2.05, 4.69) is 20.7 Å². The summed E-state index contributed by atoms with van der Waals surface area (Å²) in [6, 6.07) is 1.85. The van der Waals surface area contributed by atoms with Gasteiger partial charge in [-0.3, -0.25) is 0 Å². The number of nitrogens with two attached hydrogens (primary N) is 1. The highest BCUT2D eigenvalue weighted by Crippen LogP contribution is 2.10. The fraction of sp³-hybridized carbons (Fsp3) is 0.556. The lowest BCUT2D eigenvalue weighted by molar-refractivity contribution is 0.179. The van der Waals surface area contributed by atoms with Crippen molar-refractivity contribution in [2.75, 3.05) is 10.7 Å². The Hall–Kier alpha value is -1.40. The van der Waals surface area contributed by atoms with Crippen molar-refractivity contribution in [1.82, 2.24) is 9.97 Å². The number of hydrogen-bond acceptors (Lipinski definition) is 6. The van der Waals surface area contributed by atoms with Gasteiger partial charge in [0.15, 0.2) is 0 Å². The highest BCUT2D eigenvalue weighted by Gasteiger charge is 2.06. The zero-order chi connectivity index (χ0) is 11.3. The fourth-order valence-corrected chi connectivity index (χ4v) is 1.34. The first-order chi connectivity index (χ1) is 7.11. The SMILES string of the molecule is CC(O)CC(C)Nc1cc(NN)ncn1. The third-order valence-electron chi connectivity index (χ3n) is 1.90. The molecule has 2 atom stereocenters. The lowest BCUT2D eigenvalue weighted by Crippen LogP contribution is -2.21. The summed E-state index contributed by atoms with van der Waals surface area (Å²) in [4.78, 5) is 7.92. The fourth-order valence-electron chi connectivity index (χ4n) is 1.34. The molecule has 0 saturated carbocycles. The highest BCUT2D eigenvalue weighted by atomic mass is 16.3. The Balaban J connectivity index is 2.55. The molecule has 0 aliphatic carbocycles. The Morgan fingerprint density at radius 2 is 2.07 bits per heavy atom. The number of aromatic nitrogens is 2. The van der Waals surface area contributed by atoms with Crippen LogP contribution >= 0.6 is 0 Å². The number of hydrogen-bond donors (Lipinski definition) is 4. The minimum atomic E-state index is -0.332. The van der Waals surface area contributed by atoms with Crippen molar-refractivity contribution < 1.29 is 5.11 Å². The number of nitrogens with one attached hydrogen (secondary N) is 2.